The Morgan fingerprint density at radius 3 is 2.82 bits per heavy atom. The number of rotatable bonds is 3. The van der Waals surface area contributed by atoms with E-state index in [4.69, 9.17) is 10.5 Å². The topological polar surface area (TPSA) is 75.8 Å². The van der Waals surface area contributed by atoms with Crippen LogP contribution in [0, 0.1) is 5.92 Å². The zero-order valence-corrected chi connectivity index (χ0v) is 9.72. The smallest absolute Gasteiger partial charge is 0.254 e. The number of aromatic hydroxyl groups is 1. The minimum absolute atomic E-state index is 0.0192. The van der Waals surface area contributed by atoms with Crippen molar-refractivity contribution in [3.63, 3.8) is 0 Å². The van der Waals surface area contributed by atoms with Gasteiger partial charge in [-0.05, 0) is 24.7 Å². The molecule has 5 nitrogen and oxygen atoms in total. The average molecular weight is 236 g/mol. The second-order valence-corrected chi connectivity index (χ2v) is 4.20. The van der Waals surface area contributed by atoms with Gasteiger partial charge >= 0.3 is 0 Å². The molecule has 0 radical (unpaired) electrons. The zero-order valence-electron chi connectivity index (χ0n) is 9.72. The van der Waals surface area contributed by atoms with Crippen LogP contribution in [0.3, 0.4) is 0 Å². The van der Waals surface area contributed by atoms with E-state index >= 15 is 0 Å². The molecule has 1 amide bonds. The van der Waals surface area contributed by atoms with Crippen LogP contribution in [0.15, 0.2) is 18.2 Å². The highest BCUT2D eigenvalue weighted by Gasteiger charge is 2.30. The lowest BCUT2D eigenvalue weighted by Gasteiger charge is -2.38. The Morgan fingerprint density at radius 1 is 1.59 bits per heavy atom. The van der Waals surface area contributed by atoms with Gasteiger partial charge < -0.3 is 20.5 Å². The third-order valence-corrected chi connectivity index (χ3v) is 3.00. The Balaban J connectivity index is 2.08. The number of amides is 1. The number of hydrogen-bond acceptors (Lipinski definition) is 4. The van der Waals surface area contributed by atoms with Crippen LogP contribution in [0.5, 0.6) is 11.5 Å². The number of carbonyl (C=O) groups excluding carboxylic acids is 1. The van der Waals surface area contributed by atoms with E-state index in [-0.39, 0.29) is 11.7 Å². The van der Waals surface area contributed by atoms with Crippen molar-refractivity contribution < 1.29 is 14.6 Å². The van der Waals surface area contributed by atoms with Gasteiger partial charge in [0, 0.05) is 24.6 Å². The van der Waals surface area contributed by atoms with E-state index in [0.29, 0.717) is 36.9 Å². The lowest BCUT2D eigenvalue weighted by molar-refractivity contribution is 0.0515. The van der Waals surface area contributed by atoms with Crippen LogP contribution in [0.4, 0.5) is 0 Å². The normalized spacial score (nSPS) is 15.5. The fraction of sp³-hybridized carbons (Fsp3) is 0.417. The number of methoxy groups -OCH3 is 1. The van der Waals surface area contributed by atoms with Crippen LogP contribution in [-0.2, 0) is 0 Å². The first-order valence-corrected chi connectivity index (χ1v) is 5.52. The summed E-state index contributed by atoms with van der Waals surface area (Å²) in [6.45, 7) is 2.00. The molecule has 2 rings (SSSR count). The quantitative estimate of drug-likeness (QED) is 0.798. The lowest BCUT2D eigenvalue weighted by Crippen LogP contribution is -2.52. The molecule has 1 aromatic rings. The van der Waals surface area contributed by atoms with Crippen molar-refractivity contribution in [3.8, 4) is 11.5 Å². The minimum atomic E-state index is -0.0762. The molecule has 1 saturated heterocycles. The summed E-state index contributed by atoms with van der Waals surface area (Å²) in [5.41, 5.74) is 5.97. The molecule has 0 bridgehead atoms. The van der Waals surface area contributed by atoms with Gasteiger partial charge in [0.1, 0.15) is 0 Å². The van der Waals surface area contributed by atoms with Gasteiger partial charge in [-0.2, -0.15) is 0 Å². The third-order valence-electron chi connectivity index (χ3n) is 3.00. The number of phenolic OH excluding ortho intramolecular Hbond substituents is 1. The number of nitrogens with zero attached hydrogens (tertiary/aromatic N) is 1. The van der Waals surface area contributed by atoms with Crippen LogP contribution in [0.2, 0.25) is 0 Å². The summed E-state index contributed by atoms with van der Waals surface area (Å²) in [6, 6.07) is 4.66. The fourth-order valence-electron chi connectivity index (χ4n) is 1.89. The van der Waals surface area contributed by atoms with Gasteiger partial charge in [0.05, 0.1) is 7.11 Å². The maximum Gasteiger partial charge on any atom is 0.254 e. The number of phenols is 1. The summed E-state index contributed by atoms with van der Waals surface area (Å²) in [5.74, 6) is 0.678. The Morgan fingerprint density at radius 2 is 2.29 bits per heavy atom. The van der Waals surface area contributed by atoms with E-state index in [1.807, 2.05) is 0 Å². The van der Waals surface area contributed by atoms with E-state index in [1.165, 1.54) is 13.2 Å². The molecule has 3 N–H and O–H groups in total. The Kier molecular flexibility index (Phi) is 3.19. The molecule has 5 heteroatoms. The molecule has 0 unspecified atom stereocenters. The van der Waals surface area contributed by atoms with Crippen molar-refractivity contribution in [1.82, 2.24) is 4.90 Å². The number of likely N-dealkylation sites (tertiary alicyclic amines) is 1. The Bertz CT molecular complexity index is 428. The molecule has 0 spiro atoms. The molecule has 1 fully saturated rings. The van der Waals surface area contributed by atoms with Crippen molar-refractivity contribution in [2.45, 2.75) is 0 Å². The van der Waals surface area contributed by atoms with Gasteiger partial charge in [0.2, 0.25) is 0 Å². The fourth-order valence-corrected chi connectivity index (χ4v) is 1.89. The van der Waals surface area contributed by atoms with Gasteiger partial charge in [-0.1, -0.05) is 0 Å². The van der Waals surface area contributed by atoms with Crippen molar-refractivity contribution in [2.75, 3.05) is 26.7 Å². The maximum absolute atomic E-state index is 12.0. The zero-order chi connectivity index (χ0) is 12.4. The molecule has 0 aliphatic carbocycles. The summed E-state index contributed by atoms with van der Waals surface area (Å²) in [4.78, 5) is 13.7. The molecular weight excluding hydrogens is 220 g/mol. The van der Waals surface area contributed by atoms with Crippen LogP contribution in [0.1, 0.15) is 10.4 Å². The van der Waals surface area contributed by atoms with Crippen molar-refractivity contribution in [2.24, 2.45) is 11.7 Å². The van der Waals surface area contributed by atoms with Crippen LogP contribution < -0.4 is 10.5 Å². The van der Waals surface area contributed by atoms with Crippen molar-refractivity contribution in [3.05, 3.63) is 23.8 Å². The van der Waals surface area contributed by atoms with Crippen molar-refractivity contribution in [1.29, 1.82) is 0 Å². The summed E-state index contributed by atoms with van der Waals surface area (Å²) in [7, 11) is 1.47. The van der Waals surface area contributed by atoms with E-state index in [9.17, 15) is 9.90 Å². The highest BCUT2D eigenvalue weighted by Crippen LogP contribution is 2.27. The maximum atomic E-state index is 12.0. The number of nitrogens with two attached hydrogens (primary N) is 1. The molecule has 17 heavy (non-hydrogen) atoms. The number of benzene rings is 1. The van der Waals surface area contributed by atoms with Gasteiger partial charge in [0.15, 0.2) is 11.5 Å². The van der Waals surface area contributed by atoms with Gasteiger partial charge in [0.25, 0.3) is 5.91 Å². The predicted octanol–water partition coefficient (Wildman–Crippen LogP) is 0.432. The first kappa shape index (κ1) is 11.7. The molecular formula is C12H16N2O3. The first-order chi connectivity index (χ1) is 8.15. The average Bonchev–Trinajstić information content (AvgIpc) is 2.27. The molecule has 1 heterocycles. The molecule has 0 aromatic heterocycles. The lowest BCUT2D eigenvalue weighted by atomic mass is 9.99. The van der Waals surface area contributed by atoms with Gasteiger partial charge in [-0.15, -0.1) is 0 Å². The van der Waals surface area contributed by atoms with Crippen LogP contribution in [-0.4, -0.2) is 42.7 Å². The summed E-state index contributed by atoms with van der Waals surface area (Å²) >= 11 is 0. The standard InChI is InChI=1S/C12H16N2O3/c1-17-11-3-2-9(4-10(11)15)12(16)14-6-8(5-13)7-14/h2-4,8,15H,5-7,13H2,1H3. The third kappa shape index (κ3) is 2.19. The molecule has 1 aromatic carbocycles. The largest absolute Gasteiger partial charge is 0.504 e. The van der Waals surface area contributed by atoms with E-state index in [0.717, 1.165) is 0 Å². The monoisotopic (exact) mass is 236 g/mol. The second kappa shape index (κ2) is 4.63. The highest BCUT2D eigenvalue weighted by atomic mass is 16.5. The summed E-state index contributed by atoms with van der Waals surface area (Å²) in [6.07, 6.45) is 0. The molecule has 0 atom stereocenters. The molecule has 0 saturated carbocycles. The summed E-state index contributed by atoms with van der Waals surface area (Å²) in [5, 5.41) is 9.60. The summed E-state index contributed by atoms with van der Waals surface area (Å²) < 4.78 is 4.92. The molecule has 1 aliphatic rings. The minimum Gasteiger partial charge on any atom is -0.504 e. The van der Waals surface area contributed by atoms with E-state index in [2.05, 4.69) is 0 Å². The number of ether oxygens (including phenoxy) is 1. The predicted molar refractivity (Wildman–Crippen MR) is 63.1 cm³/mol. The molecule has 1 aliphatic heterocycles. The Labute approximate surface area is 99.8 Å². The van der Waals surface area contributed by atoms with E-state index < -0.39 is 0 Å². The number of carbonyl (C=O) groups is 1. The van der Waals surface area contributed by atoms with E-state index in [1.54, 1.807) is 17.0 Å². The first-order valence-electron chi connectivity index (χ1n) is 5.52. The van der Waals surface area contributed by atoms with Crippen LogP contribution in [0.25, 0.3) is 0 Å². The SMILES string of the molecule is COc1ccc(C(=O)N2CC(CN)C2)cc1O. The van der Waals surface area contributed by atoms with Crippen LogP contribution >= 0.6 is 0 Å². The highest BCUT2D eigenvalue weighted by molar-refractivity contribution is 5.95. The second-order valence-electron chi connectivity index (χ2n) is 4.20. The van der Waals surface area contributed by atoms with Gasteiger partial charge in [-0.3, -0.25) is 4.79 Å². The molecule has 92 valence electrons. The van der Waals surface area contributed by atoms with Crippen molar-refractivity contribution >= 4 is 5.91 Å². The van der Waals surface area contributed by atoms with Gasteiger partial charge in [-0.25, -0.2) is 0 Å². The Hall–Kier alpha value is -1.75. The number of hydrogen-bond donors (Lipinski definition) is 2.